The van der Waals surface area contributed by atoms with Crippen LogP contribution in [0.5, 0.6) is 11.5 Å². The van der Waals surface area contributed by atoms with Gasteiger partial charge in [-0.05, 0) is 34.1 Å². The fraction of sp³-hybridized carbons (Fsp3) is 0.105. The molecular weight excluding hydrogens is 448 g/mol. The maximum Gasteiger partial charge on any atom is 0.262 e. The van der Waals surface area contributed by atoms with Gasteiger partial charge in [0.2, 0.25) is 0 Å². The molecule has 0 atom stereocenters. The fourth-order valence-corrected chi connectivity index (χ4v) is 5.27. The van der Waals surface area contributed by atoms with Crippen LogP contribution in [0, 0.1) is 0 Å². The van der Waals surface area contributed by atoms with Crippen LogP contribution in [0.25, 0.3) is 10.8 Å². The third kappa shape index (κ3) is 2.61. The molecule has 3 aromatic carbocycles. The number of hydrogen-bond donors (Lipinski definition) is 2. The first-order chi connectivity index (χ1) is 13.4. The Morgan fingerprint density at radius 3 is 2.57 bits per heavy atom. The molecular formula is C19H13BrN2O5S. The van der Waals surface area contributed by atoms with Gasteiger partial charge in [-0.15, -0.1) is 0 Å². The fourth-order valence-electron chi connectivity index (χ4n) is 3.44. The average Bonchev–Trinajstić information content (AvgIpc) is 3.00. The number of anilines is 2. The first-order valence-electron chi connectivity index (χ1n) is 8.43. The summed E-state index contributed by atoms with van der Waals surface area (Å²) < 4.78 is 40.5. The molecule has 0 unspecified atom stereocenters. The third-order valence-electron chi connectivity index (χ3n) is 4.66. The summed E-state index contributed by atoms with van der Waals surface area (Å²) in [5, 5.41) is 3.84. The summed E-state index contributed by atoms with van der Waals surface area (Å²) >= 11 is 3.37. The van der Waals surface area contributed by atoms with Crippen LogP contribution in [-0.2, 0) is 10.0 Å². The first kappa shape index (κ1) is 17.3. The molecule has 0 saturated carbocycles. The van der Waals surface area contributed by atoms with Crippen LogP contribution >= 0.6 is 15.9 Å². The topological polar surface area (TPSA) is 93.7 Å². The minimum Gasteiger partial charge on any atom is -0.486 e. The van der Waals surface area contributed by atoms with Gasteiger partial charge in [-0.1, -0.05) is 12.1 Å². The lowest BCUT2D eigenvalue weighted by Gasteiger charge is -2.20. The first-order valence-corrected chi connectivity index (χ1v) is 10.7. The molecule has 1 amide bonds. The molecule has 28 heavy (non-hydrogen) atoms. The molecule has 3 aromatic rings. The molecule has 2 aliphatic rings. The van der Waals surface area contributed by atoms with Gasteiger partial charge < -0.3 is 14.8 Å². The van der Waals surface area contributed by atoms with Crippen molar-refractivity contribution >= 4 is 54.0 Å². The maximum atomic E-state index is 13.2. The van der Waals surface area contributed by atoms with E-state index in [0.717, 1.165) is 0 Å². The van der Waals surface area contributed by atoms with Gasteiger partial charge in [-0.2, -0.15) is 0 Å². The number of hydrogen-bond acceptors (Lipinski definition) is 5. The largest absolute Gasteiger partial charge is 0.486 e. The van der Waals surface area contributed by atoms with Gasteiger partial charge in [0.05, 0.1) is 10.6 Å². The third-order valence-corrected chi connectivity index (χ3v) is 6.74. The minimum atomic E-state index is -3.93. The molecule has 142 valence electrons. The van der Waals surface area contributed by atoms with E-state index in [1.54, 1.807) is 36.4 Å². The number of halogens is 1. The zero-order chi connectivity index (χ0) is 19.5. The Balaban J connectivity index is 1.61. The molecule has 0 saturated heterocycles. The predicted octanol–water partition coefficient (Wildman–Crippen LogP) is 3.74. The number of nitrogens with one attached hydrogen (secondary N) is 2. The molecule has 0 radical (unpaired) electrons. The van der Waals surface area contributed by atoms with Crippen LogP contribution in [0.1, 0.15) is 10.4 Å². The summed E-state index contributed by atoms with van der Waals surface area (Å²) in [7, 11) is -3.93. The van der Waals surface area contributed by atoms with Gasteiger partial charge in [0.15, 0.2) is 11.5 Å². The zero-order valence-electron chi connectivity index (χ0n) is 14.3. The summed E-state index contributed by atoms with van der Waals surface area (Å²) in [6, 6.07) is 11.4. The number of ether oxygens (including phenoxy) is 2. The molecule has 0 fully saturated rings. The van der Waals surface area contributed by atoms with Crippen LogP contribution in [0.2, 0.25) is 0 Å². The summed E-state index contributed by atoms with van der Waals surface area (Å²) in [6.07, 6.45) is 0. The summed E-state index contributed by atoms with van der Waals surface area (Å²) in [6.45, 7) is 0.842. The Labute approximate surface area is 168 Å². The smallest absolute Gasteiger partial charge is 0.262 e. The van der Waals surface area contributed by atoms with Crippen LogP contribution in [0.4, 0.5) is 11.4 Å². The number of benzene rings is 3. The van der Waals surface area contributed by atoms with E-state index in [-0.39, 0.29) is 10.8 Å². The van der Waals surface area contributed by atoms with Gasteiger partial charge in [0.1, 0.15) is 13.2 Å². The number of sulfonamides is 1. The van der Waals surface area contributed by atoms with E-state index in [1.165, 1.54) is 6.07 Å². The highest BCUT2D eigenvalue weighted by molar-refractivity contribution is 9.10. The second-order valence-corrected chi connectivity index (χ2v) is 8.88. The van der Waals surface area contributed by atoms with Crippen molar-refractivity contribution in [3.8, 4) is 11.5 Å². The van der Waals surface area contributed by atoms with Crippen molar-refractivity contribution in [3.05, 3.63) is 52.5 Å². The Kier molecular flexibility index (Phi) is 3.78. The molecule has 0 bridgehead atoms. The lowest BCUT2D eigenvalue weighted by atomic mass is 10.1. The molecule has 5 rings (SSSR count). The van der Waals surface area contributed by atoms with E-state index in [2.05, 4.69) is 26.0 Å². The summed E-state index contributed by atoms with van der Waals surface area (Å²) in [5.41, 5.74) is 1.40. The van der Waals surface area contributed by atoms with Crippen LogP contribution in [0.15, 0.2) is 51.8 Å². The Hall–Kier alpha value is -2.78. The van der Waals surface area contributed by atoms with E-state index in [9.17, 15) is 13.2 Å². The lowest BCUT2D eigenvalue weighted by Crippen LogP contribution is -2.17. The van der Waals surface area contributed by atoms with E-state index < -0.39 is 10.0 Å². The normalized spacial score (nSPS) is 14.8. The van der Waals surface area contributed by atoms with Crippen molar-refractivity contribution in [2.45, 2.75) is 4.90 Å². The standard InChI is InChI=1S/C19H13BrN2O5S/c20-12-8-15-16(27-7-6-26-15)9-14(12)22-28(24,25)17-5-4-13-18-10(17)2-1-3-11(18)19(23)21-13/h1-5,8-9,22H,6-7H2,(H,21,23). The monoisotopic (exact) mass is 460 g/mol. The van der Waals surface area contributed by atoms with Crippen molar-refractivity contribution in [2.75, 3.05) is 23.3 Å². The van der Waals surface area contributed by atoms with E-state index in [4.69, 9.17) is 9.47 Å². The molecule has 9 heteroatoms. The Morgan fingerprint density at radius 1 is 1.04 bits per heavy atom. The summed E-state index contributed by atoms with van der Waals surface area (Å²) in [4.78, 5) is 12.2. The summed E-state index contributed by atoms with van der Waals surface area (Å²) in [5.74, 6) is 0.788. The van der Waals surface area contributed by atoms with Gasteiger partial charge in [0, 0.05) is 38.6 Å². The number of carbonyl (C=O) groups excluding carboxylic acids is 1. The van der Waals surface area contributed by atoms with Crippen molar-refractivity contribution < 1.29 is 22.7 Å². The van der Waals surface area contributed by atoms with Crippen molar-refractivity contribution in [1.29, 1.82) is 0 Å². The number of amides is 1. The molecule has 2 heterocycles. The second-order valence-electron chi connectivity index (χ2n) is 6.37. The number of fused-ring (bicyclic) bond motifs is 1. The van der Waals surface area contributed by atoms with E-state index in [0.29, 0.717) is 56.9 Å². The van der Waals surface area contributed by atoms with Gasteiger partial charge in [0.25, 0.3) is 15.9 Å². The molecule has 2 aliphatic heterocycles. The van der Waals surface area contributed by atoms with Crippen LogP contribution < -0.4 is 19.5 Å². The van der Waals surface area contributed by atoms with Crippen molar-refractivity contribution in [3.63, 3.8) is 0 Å². The lowest BCUT2D eigenvalue weighted by molar-refractivity contribution is 0.103. The van der Waals surface area contributed by atoms with Gasteiger partial charge >= 0.3 is 0 Å². The van der Waals surface area contributed by atoms with Crippen molar-refractivity contribution in [1.82, 2.24) is 0 Å². The van der Waals surface area contributed by atoms with E-state index in [1.807, 2.05) is 0 Å². The predicted molar refractivity (Wildman–Crippen MR) is 108 cm³/mol. The highest BCUT2D eigenvalue weighted by Crippen LogP contribution is 2.40. The van der Waals surface area contributed by atoms with Crippen LogP contribution in [0.3, 0.4) is 0 Å². The molecule has 0 aliphatic carbocycles. The van der Waals surface area contributed by atoms with Crippen LogP contribution in [-0.4, -0.2) is 27.5 Å². The molecule has 0 spiro atoms. The van der Waals surface area contributed by atoms with Crippen molar-refractivity contribution in [2.24, 2.45) is 0 Å². The average molecular weight is 461 g/mol. The molecule has 7 nitrogen and oxygen atoms in total. The molecule has 2 N–H and O–H groups in total. The quantitative estimate of drug-likeness (QED) is 0.620. The molecule has 0 aromatic heterocycles. The minimum absolute atomic E-state index is 0.0892. The zero-order valence-corrected chi connectivity index (χ0v) is 16.7. The van der Waals surface area contributed by atoms with Gasteiger partial charge in [-0.25, -0.2) is 8.42 Å². The SMILES string of the molecule is O=C1Nc2ccc(S(=O)(=O)Nc3cc4c(cc3Br)OCCO4)c3cccc1c23. The number of rotatable bonds is 3. The number of carbonyl (C=O) groups is 1. The Bertz CT molecular complexity index is 1270. The highest BCUT2D eigenvalue weighted by atomic mass is 79.9. The second kappa shape index (κ2) is 6.11. The highest BCUT2D eigenvalue weighted by Gasteiger charge is 2.27. The Morgan fingerprint density at radius 2 is 1.79 bits per heavy atom. The maximum absolute atomic E-state index is 13.2. The van der Waals surface area contributed by atoms with Gasteiger partial charge in [-0.3, -0.25) is 9.52 Å². The van der Waals surface area contributed by atoms with E-state index >= 15 is 0 Å².